The number of hydrogen-bond donors (Lipinski definition) is 2. The van der Waals surface area contributed by atoms with Crippen LogP contribution in [0.1, 0.15) is 58.8 Å². The Morgan fingerprint density at radius 1 is 1.20 bits per heavy atom. The van der Waals surface area contributed by atoms with Crippen LogP contribution in [0.25, 0.3) is 0 Å². The van der Waals surface area contributed by atoms with Crippen LogP contribution in [-0.2, 0) is 4.79 Å². The maximum atomic E-state index is 12.2. The molecule has 2 N–H and O–H groups in total. The number of amides is 1. The Morgan fingerprint density at radius 3 is 2.65 bits per heavy atom. The molecule has 4 heteroatoms. The number of nitrogens with zero attached hydrogens (tertiary/aromatic N) is 1. The number of hydrogen-bond acceptors (Lipinski definition) is 3. The number of rotatable bonds is 6. The topological polar surface area (TPSA) is 44.4 Å². The molecule has 2 fully saturated rings. The van der Waals surface area contributed by atoms with E-state index in [-0.39, 0.29) is 11.9 Å². The van der Waals surface area contributed by atoms with Gasteiger partial charge in [-0.25, -0.2) is 0 Å². The molecule has 1 saturated heterocycles. The summed E-state index contributed by atoms with van der Waals surface area (Å²) in [7, 11) is 0. The normalized spacial score (nSPS) is 26.6. The molecule has 4 nitrogen and oxygen atoms in total. The molecule has 2 atom stereocenters. The minimum atomic E-state index is -0.0729. The molecule has 2 aliphatic rings. The lowest BCUT2D eigenvalue weighted by molar-refractivity contribution is -0.123. The first kappa shape index (κ1) is 15.8. The van der Waals surface area contributed by atoms with Gasteiger partial charge in [-0.05, 0) is 45.7 Å². The molecule has 0 aromatic rings. The zero-order chi connectivity index (χ0) is 14.4. The SMILES string of the molecule is CCN1CCCC1CNC(C)C(=O)NC1CCCCC1. The third-order valence-electron chi connectivity index (χ3n) is 4.91. The van der Waals surface area contributed by atoms with Gasteiger partial charge in [-0.1, -0.05) is 26.2 Å². The molecule has 0 aromatic carbocycles. The van der Waals surface area contributed by atoms with Gasteiger partial charge in [0.15, 0.2) is 0 Å². The Balaban J connectivity index is 1.68. The highest BCUT2D eigenvalue weighted by Gasteiger charge is 2.24. The highest BCUT2D eigenvalue weighted by molar-refractivity contribution is 5.81. The fraction of sp³-hybridized carbons (Fsp3) is 0.938. The molecular formula is C16H31N3O. The van der Waals surface area contributed by atoms with E-state index in [1.807, 2.05) is 6.92 Å². The van der Waals surface area contributed by atoms with Crippen molar-refractivity contribution in [3.05, 3.63) is 0 Å². The van der Waals surface area contributed by atoms with Crippen molar-refractivity contribution in [2.75, 3.05) is 19.6 Å². The Labute approximate surface area is 123 Å². The van der Waals surface area contributed by atoms with Crippen molar-refractivity contribution in [3.8, 4) is 0 Å². The molecule has 0 bridgehead atoms. The highest BCUT2D eigenvalue weighted by Crippen LogP contribution is 2.18. The van der Waals surface area contributed by atoms with Crippen molar-refractivity contribution in [1.82, 2.24) is 15.5 Å². The fourth-order valence-electron chi connectivity index (χ4n) is 3.52. The summed E-state index contributed by atoms with van der Waals surface area (Å²) in [6.45, 7) is 7.48. The molecular weight excluding hydrogens is 250 g/mol. The van der Waals surface area contributed by atoms with Gasteiger partial charge in [0.2, 0.25) is 5.91 Å². The van der Waals surface area contributed by atoms with Crippen molar-refractivity contribution < 1.29 is 4.79 Å². The Morgan fingerprint density at radius 2 is 1.95 bits per heavy atom. The number of likely N-dealkylation sites (N-methyl/N-ethyl adjacent to an activating group) is 1. The van der Waals surface area contributed by atoms with E-state index in [0.29, 0.717) is 12.1 Å². The molecule has 0 spiro atoms. The van der Waals surface area contributed by atoms with Crippen LogP contribution in [0.2, 0.25) is 0 Å². The lowest BCUT2D eigenvalue weighted by Gasteiger charge is -2.27. The van der Waals surface area contributed by atoms with Gasteiger partial charge in [0.1, 0.15) is 0 Å². The summed E-state index contributed by atoms with van der Waals surface area (Å²) in [4.78, 5) is 14.7. The Hall–Kier alpha value is -0.610. The monoisotopic (exact) mass is 281 g/mol. The van der Waals surface area contributed by atoms with Gasteiger partial charge in [0.05, 0.1) is 6.04 Å². The smallest absolute Gasteiger partial charge is 0.237 e. The van der Waals surface area contributed by atoms with Crippen molar-refractivity contribution in [2.45, 2.75) is 76.9 Å². The van der Waals surface area contributed by atoms with Gasteiger partial charge < -0.3 is 10.6 Å². The summed E-state index contributed by atoms with van der Waals surface area (Å²) >= 11 is 0. The summed E-state index contributed by atoms with van der Waals surface area (Å²) in [5, 5.41) is 6.63. The van der Waals surface area contributed by atoms with Crippen LogP contribution >= 0.6 is 0 Å². The average Bonchev–Trinajstić information content (AvgIpc) is 2.93. The molecule has 116 valence electrons. The van der Waals surface area contributed by atoms with Crippen LogP contribution in [0.5, 0.6) is 0 Å². The van der Waals surface area contributed by atoms with E-state index in [4.69, 9.17) is 0 Å². The largest absolute Gasteiger partial charge is 0.352 e. The van der Waals surface area contributed by atoms with E-state index in [1.165, 1.54) is 38.6 Å². The molecule has 2 unspecified atom stereocenters. The molecule has 20 heavy (non-hydrogen) atoms. The quantitative estimate of drug-likeness (QED) is 0.781. The lowest BCUT2D eigenvalue weighted by Crippen LogP contribution is -2.49. The summed E-state index contributed by atoms with van der Waals surface area (Å²) in [5.41, 5.74) is 0. The van der Waals surface area contributed by atoms with Crippen LogP contribution in [0.3, 0.4) is 0 Å². The third kappa shape index (κ3) is 4.45. The lowest BCUT2D eigenvalue weighted by atomic mass is 9.95. The number of carbonyl (C=O) groups is 1. The van der Waals surface area contributed by atoms with E-state index in [1.54, 1.807) is 0 Å². The highest BCUT2D eigenvalue weighted by atomic mass is 16.2. The Kier molecular flexibility index (Phi) is 6.30. The molecule has 1 heterocycles. The zero-order valence-corrected chi connectivity index (χ0v) is 13.2. The van der Waals surface area contributed by atoms with E-state index in [9.17, 15) is 4.79 Å². The van der Waals surface area contributed by atoms with Crippen LogP contribution in [0, 0.1) is 0 Å². The van der Waals surface area contributed by atoms with E-state index >= 15 is 0 Å². The van der Waals surface area contributed by atoms with Gasteiger partial charge in [0, 0.05) is 18.6 Å². The van der Waals surface area contributed by atoms with Gasteiger partial charge in [-0.15, -0.1) is 0 Å². The maximum absolute atomic E-state index is 12.2. The van der Waals surface area contributed by atoms with Crippen molar-refractivity contribution in [3.63, 3.8) is 0 Å². The third-order valence-corrected chi connectivity index (χ3v) is 4.91. The zero-order valence-electron chi connectivity index (χ0n) is 13.2. The van der Waals surface area contributed by atoms with Crippen LogP contribution in [-0.4, -0.2) is 48.6 Å². The first-order valence-electron chi connectivity index (χ1n) is 8.48. The minimum absolute atomic E-state index is 0.0729. The number of carbonyl (C=O) groups excluding carboxylic acids is 1. The van der Waals surface area contributed by atoms with Crippen molar-refractivity contribution in [1.29, 1.82) is 0 Å². The van der Waals surface area contributed by atoms with Gasteiger partial charge in [-0.2, -0.15) is 0 Å². The molecule has 0 aromatic heterocycles. The maximum Gasteiger partial charge on any atom is 0.237 e. The van der Waals surface area contributed by atoms with Gasteiger partial charge >= 0.3 is 0 Å². The molecule has 1 amide bonds. The van der Waals surface area contributed by atoms with Crippen molar-refractivity contribution >= 4 is 5.91 Å². The van der Waals surface area contributed by atoms with Gasteiger partial charge in [-0.3, -0.25) is 9.69 Å². The first-order chi connectivity index (χ1) is 9.70. The standard InChI is InChI=1S/C16H31N3O/c1-3-19-11-7-10-15(19)12-17-13(2)16(20)18-14-8-5-4-6-9-14/h13-15,17H,3-12H2,1-2H3,(H,18,20). The van der Waals surface area contributed by atoms with E-state index in [0.717, 1.165) is 25.9 Å². The van der Waals surface area contributed by atoms with Gasteiger partial charge in [0.25, 0.3) is 0 Å². The van der Waals surface area contributed by atoms with E-state index < -0.39 is 0 Å². The molecule has 1 saturated carbocycles. The first-order valence-corrected chi connectivity index (χ1v) is 8.48. The average molecular weight is 281 g/mol. The second kappa shape index (κ2) is 7.99. The summed E-state index contributed by atoms with van der Waals surface area (Å²) in [6.07, 6.45) is 8.73. The second-order valence-electron chi connectivity index (χ2n) is 6.40. The molecule has 1 aliphatic carbocycles. The minimum Gasteiger partial charge on any atom is -0.352 e. The summed E-state index contributed by atoms with van der Waals surface area (Å²) < 4.78 is 0. The molecule has 0 radical (unpaired) electrons. The predicted molar refractivity (Wildman–Crippen MR) is 82.7 cm³/mol. The second-order valence-corrected chi connectivity index (χ2v) is 6.40. The summed E-state index contributed by atoms with van der Waals surface area (Å²) in [6, 6.07) is 0.959. The molecule has 1 aliphatic heterocycles. The van der Waals surface area contributed by atoms with Crippen LogP contribution < -0.4 is 10.6 Å². The fourth-order valence-corrected chi connectivity index (χ4v) is 3.52. The Bertz CT molecular complexity index is 302. The van der Waals surface area contributed by atoms with Crippen LogP contribution in [0.15, 0.2) is 0 Å². The van der Waals surface area contributed by atoms with Crippen molar-refractivity contribution in [2.24, 2.45) is 0 Å². The van der Waals surface area contributed by atoms with E-state index in [2.05, 4.69) is 22.5 Å². The number of likely N-dealkylation sites (tertiary alicyclic amines) is 1. The summed E-state index contributed by atoms with van der Waals surface area (Å²) in [5.74, 6) is 0.179. The molecule has 2 rings (SSSR count). The van der Waals surface area contributed by atoms with Crippen LogP contribution in [0.4, 0.5) is 0 Å². The number of nitrogens with one attached hydrogen (secondary N) is 2. The predicted octanol–water partition coefficient (Wildman–Crippen LogP) is 1.90.